The van der Waals surface area contributed by atoms with E-state index in [4.69, 9.17) is 0 Å². The highest BCUT2D eigenvalue weighted by molar-refractivity contribution is 5.99. The molecular weight excluding hydrogens is 352 g/mol. The van der Waals surface area contributed by atoms with E-state index >= 15 is 0 Å². The molecule has 3 fully saturated rings. The third-order valence-electron chi connectivity index (χ3n) is 6.54. The van der Waals surface area contributed by atoms with Crippen LogP contribution in [0, 0.1) is 17.8 Å². The standard InChI is InChI=1S/C22H32N4O2/c1-16-7-9-26(10-8-16)22(28)20-15-19(20)21(27)23-17-3-5-18(6-4-17)25-13-11-24(2)12-14-25/h3-6,16,19-20H,7-15H2,1-2H3,(H,23,27). The Hall–Kier alpha value is -2.08. The molecular formula is C22H32N4O2. The van der Waals surface area contributed by atoms with Crippen LogP contribution in [0.2, 0.25) is 0 Å². The van der Waals surface area contributed by atoms with Gasteiger partial charge < -0.3 is 20.0 Å². The minimum absolute atomic E-state index is 0.0175. The lowest BCUT2D eigenvalue weighted by molar-refractivity contribution is -0.135. The highest BCUT2D eigenvalue weighted by Crippen LogP contribution is 2.41. The van der Waals surface area contributed by atoms with E-state index in [0.717, 1.165) is 57.8 Å². The van der Waals surface area contributed by atoms with Crippen molar-refractivity contribution in [1.82, 2.24) is 9.80 Å². The molecule has 1 N–H and O–H groups in total. The number of benzene rings is 1. The second-order valence-corrected chi connectivity index (χ2v) is 8.78. The van der Waals surface area contributed by atoms with E-state index in [1.54, 1.807) is 0 Å². The maximum absolute atomic E-state index is 12.6. The van der Waals surface area contributed by atoms with E-state index in [1.807, 2.05) is 17.0 Å². The lowest BCUT2D eigenvalue weighted by Gasteiger charge is -2.34. The first-order valence-electron chi connectivity index (χ1n) is 10.6. The largest absolute Gasteiger partial charge is 0.369 e. The molecule has 1 saturated carbocycles. The van der Waals surface area contributed by atoms with Crippen molar-refractivity contribution < 1.29 is 9.59 Å². The van der Waals surface area contributed by atoms with Crippen molar-refractivity contribution in [2.24, 2.45) is 17.8 Å². The van der Waals surface area contributed by atoms with Gasteiger partial charge in [0.05, 0.1) is 11.8 Å². The first kappa shape index (κ1) is 19.2. The summed E-state index contributed by atoms with van der Waals surface area (Å²) in [4.78, 5) is 31.8. The molecule has 2 amide bonds. The number of piperazine rings is 1. The third-order valence-corrected chi connectivity index (χ3v) is 6.54. The Bertz CT molecular complexity index is 704. The monoisotopic (exact) mass is 384 g/mol. The fourth-order valence-corrected chi connectivity index (χ4v) is 4.28. The average molecular weight is 385 g/mol. The quantitative estimate of drug-likeness (QED) is 0.865. The zero-order chi connectivity index (χ0) is 19.7. The maximum atomic E-state index is 12.6. The van der Waals surface area contributed by atoms with Crippen molar-refractivity contribution in [1.29, 1.82) is 0 Å². The minimum atomic E-state index is -0.163. The molecule has 3 aliphatic rings. The molecule has 0 spiro atoms. The van der Waals surface area contributed by atoms with Crippen molar-refractivity contribution in [2.45, 2.75) is 26.2 Å². The number of piperidine rings is 1. The van der Waals surface area contributed by atoms with Crippen LogP contribution in [0.25, 0.3) is 0 Å². The molecule has 2 aliphatic heterocycles. The highest BCUT2D eigenvalue weighted by Gasteiger charge is 2.49. The molecule has 2 unspecified atom stereocenters. The van der Waals surface area contributed by atoms with Gasteiger partial charge in [0, 0.05) is 50.6 Å². The Morgan fingerprint density at radius 3 is 2.21 bits per heavy atom. The minimum Gasteiger partial charge on any atom is -0.369 e. The summed E-state index contributed by atoms with van der Waals surface area (Å²) in [5, 5.41) is 3.00. The second-order valence-electron chi connectivity index (χ2n) is 8.78. The third kappa shape index (κ3) is 4.32. The van der Waals surface area contributed by atoms with Crippen LogP contribution in [0.5, 0.6) is 0 Å². The normalized spacial score (nSPS) is 26.2. The van der Waals surface area contributed by atoms with Crippen LogP contribution in [0.3, 0.4) is 0 Å². The average Bonchev–Trinajstić information content (AvgIpc) is 3.50. The zero-order valence-electron chi connectivity index (χ0n) is 17.1. The molecule has 2 heterocycles. The molecule has 4 rings (SSSR count). The SMILES string of the molecule is CC1CCN(C(=O)C2CC2C(=O)Nc2ccc(N3CCN(C)CC3)cc2)CC1. The number of hydrogen-bond acceptors (Lipinski definition) is 4. The molecule has 6 nitrogen and oxygen atoms in total. The molecule has 0 aromatic heterocycles. The van der Waals surface area contributed by atoms with Crippen molar-refractivity contribution in [3.63, 3.8) is 0 Å². The Labute approximate surface area is 167 Å². The first-order chi connectivity index (χ1) is 13.5. The Balaban J connectivity index is 1.27. The number of carbonyl (C=O) groups is 2. The molecule has 2 atom stereocenters. The number of hydrogen-bond donors (Lipinski definition) is 1. The highest BCUT2D eigenvalue weighted by atomic mass is 16.2. The fraction of sp³-hybridized carbons (Fsp3) is 0.636. The Kier molecular flexibility index (Phi) is 5.58. The summed E-state index contributed by atoms with van der Waals surface area (Å²) in [5.41, 5.74) is 2.01. The number of anilines is 2. The molecule has 1 aromatic carbocycles. The van der Waals surface area contributed by atoms with Gasteiger partial charge >= 0.3 is 0 Å². The van der Waals surface area contributed by atoms with Gasteiger partial charge in [0.25, 0.3) is 0 Å². The van der Waals surface area contributed by atoms with Crippen LogP contribution in [0.4, 0.5) is 11.4 Å². The van der Waals surface area contributed by atoms with Gasteiger partial charge in [-0.25, -0.2) is 0 Å². The predicted octanol–water partition coefficient (Wildman–Crippen LogP) is 2.27. The van der Waals surface area contributed by atoms with Crippen molar-refractivity contribution in [3.05, 3.63) is 24.3 Å². The molecule has 1 aromatic rings. The van der Waals surface area contributed by atoms with Crippen LogP contribution >= 0.6 is 0 Å². The smallest absolute Gasteiger partial charge is 0.228 e. The van der Waals surface area contributed by atoms with Crippen LogP contribution in [-0.2, 0) is 9.59 Å². The van der Waals surface area contributed by atoms with Crippen molar-refractivity contribution >= 4 is 23.2 Å². The van der Waals surface area contributed by atoms with Gasteiger partial charge in [-0.3, -0.25) is 9.59 Å². The lowest BCUT2D eigenvalue weighted by atomic mass is 9.99. The fourth-order valence-electron chi connectivity index (χ4n) is 4.28. The summed E-state index contributed by atoms with van der Waals surface area (Å²) in [7, 11) is 2.15. The van der Waals surface area contributed by atoms with E-state index in [9.17, 15) is 9.59 Å². The summed E-state index contributed by atoms with van der Waals surface area (Å²) in [5.74, 6) is 0.590. The summed E-state index contributed by atoms with van der Waals surface area (Å²) in [6.45, 7) is 8.14. The number of nitrogens with zero attached hydrogens (tertiary/aromatic N) is 3. The Morgan fingerprint density at radius 2 is 1.57 bits per heavy atom. The van der Waals surface area contributed by atoms with Crippen LogP contribution < -0.4 is 10.2 Å². The van der Waals surface area contributed by atoms with Crippen LogP contribution in [0.15, 0.2) is 24.3 Å². The van der Waals surface area contributed by atoms with E-state index in [0.29, 0.717) is 12.3 Å². The lowest BCUT2D eigenvalue weighted by Crippen LogP contribution is -2.44. The topological polar surface area (TPSA) is 55.9 Å². The number of likely N-dealkylation sites (N-methyl/N-ethyl adjacent to an activating group) is 1. The number of likely N-dealkylation sites (tertiary alicyclic amines) is 1. The van der Waals surface area contributed by atoms with Crippen molar-refractivity contribution in [3.8, 4) is 0 Å². The molecule has 1 aliphatic carbocycles. The van der Waals surface area contributed by atoms with Gasteiger partial charge in [0.15, 0.2) is 0 Å². The van der Waals surface area contributed by atoms with E-state index in [2.05, 4.69) is 41.2 Å². The number of carbonyl (C=O) groups excluding carboxylic acids is 2. The van der Waals surface area contributed by atoms with E-state index in [1.165, 1.54) is 5.69 Å². The Morgan fingerprint density at radius 1 is 0.929 bits per heavy atom. The molecule has 2 saturated heterocycles. The first-order valence-corrected chi connectivity index (χ1v) is 10.6. The van der Waals surface area contributed by atoms with Gasteiger partial charge in [-0.1, -0.05) is 6.92 Å². The van der Waals surface area contributed by atoms with Crippen LogP contribution in [-0.4, -0.2) is 67.9 Å². The number of amides is 2. The number of rotatable bonds is 4. The summed E-state index contributed by atoms with van der Waals surface area (Å²) >= 11 is 0. The predicted molar refractivity (Wildman–Crippen MR) is 111 cm³/mol. The summed E-state index contributed by atoms with van der Waals surface area (Å²) in [6.07, 6.45) is 2.85. The summed E-state index contributed by atoms with van der Waals surface area (Å²) < 4.78 is 0. The van der Waals surface area contributed by atoms with Gasteiger partial charge in [-0.05, 0) is 56.5 Å². The van der Waals surface area contributed by atoms with Gasteiger partial charge in [-0.2, -0.15) is 0 Å². The van der Waals surface area contributed by atoms with Gasteiger partial charge in [0.1, 0.15) is 0 Å². The molecule has 6 heteroatoms. The molecule has 0 bridgehead atoms. The van der Waals surface area contributed by atoms with Crippen LogP contribution in [0.1, 0.15) is 26.2 Å². The van der Waals surface area contributed by atoms with E-state index < -0.39 is 0 Å². The summed E-state index contributed by atoms with van der Waals surface area (Å²) in [6, 6.07) is 8.09. The maximum Gasteiger partial charge on any atom is 0.228 e. The molecule has 0 radical (unpaired) electrons. The zero-order valence-corrected chi connectivity index (χ0v) is 17.1. The van der Waals surface area contributed by atoms with Crippen molar-refractivity contribution in [2.75, 3.05) is 56.5 Å². The second kappa shape index (κ2) is 8.11. The van der Waals surface area contributed by atoms with E-state index in [-0.39, 0.29) is 23.7 Å². The molecule has 152 valence electrons. The van der Waals surface area contributed by atoms with Gasteiger partial charge in [-0.15, -0.1) is 0 Å². The van der Waals surface area contributed by atoms with Gasteiger partial charge in [0.2, 0.25) is 11.8 Å². The number of nitrogens with one attached hydrogen (secondary N) is 1. The molecule has 28 heavy (non-hydrogen) atoms.